The molecule has 0 radical (unpaired) electrons. The van der Waals surface area contributed by atoms with Gasteiger partial charge in [-0.2, -0.15) is 0 Å². The van der Waals surface area contributed by atoms with Crippen LogP contribution in [0.3, 0.4) is 0 Å². The first-order chi connectivity index (χ1) is 9.86. The Morgan fingerprint density at radius 3 is 1.05 bits per heavy atom. The topological polar surface area (TPSA) is 43.4 Å². The lowest BCUT2D eigenvalue weighted by Gasteiger charge is -2.28. The largest absolute Gasteiger partial charge is 0.394 e. The maximum Gasteiger partial charge on any atom is 0.310 e. The smallest absolute Gasteiger partial charge is 0.310 e. The van der Waals surface area contributed by atoms with E-state index in [1.165, 1.54) is 0 Å². The summed E-state index contributed by atoms with van der Waals surface area (Å²) >= 11 is 0. The molecular formula is C16H34O3Si2. The highest BCUT2D eigenvalue weighted by Crippen LogP contribution is 2.27. The molecule has 0 aliphatic heterocycles. The van der Waals surface area contributed by atoms with Crippen molar-refractivity contribution in [2.24, 2.45) is 0 Å². The van der Waals surface area contributed by atoms with Crippen LogP contribution in [0.4, 0.5) is 0 Å². The average molecular weight is 331 g/mol. The Morgan fingerprint density at radius 2 is 0.857 bits per heavy atom. The second-order valence-corrected chi connectivity index (χ2v) is 17.3. The number of carbonyl (C=O) groups excluding carboxylic acids is 2. The fourth-order valence-electron chi connectivity index (χ4n) is 3.06. The van der Waals surface area contributed by atoms with Crippen molar-refractivity contribution in [1.82, 2.24) is 0 Å². The summed E-state index contributed by atoms with van der Waals surface area (Å²) in [4.78, 5) is 24.2. The predicted molar refractivity (Wildman–Crippen MR) is 95.1 cm³/mol. The summed E-state index contributed by atoms with van der Waals surface area (Å²) in [6.07, 6.45) is 0. The minimum atomic E-state index is -1.55. The molecule has 0 rings (SSSR count). The molecule has 0 atom stereocenters. The van der Waals surface area contributed by atoms with Crippen molar-refractivity contribution in [2.45, 2.75) is 89.9 Å². The number of rotatable bonds is 10. The Hall–Kier alpha value is -0.426. The van der Waals surface area contributed by atoms with Gasteiger partial charge in [-0.15, -0.1) is 0 Å². The van der Waals surface area contributed by atoms with Crippen molar-refractivity contribution in [2.75, 3.05) is 0 Å². The third-order valence-electron chi connectivity index (χ3n) is 5.77. The van der Waals surface area contributed by atoms with E-state index in [4.69, 9.17) is 4.74 Å². The van der Waals surface area contributed by atoms with Gasteiger partial charge in [0.25, 0.3) is 0 Å². The fraction of sp³-hybridized carbons (Fsp3) is 0.875. The van der Waals surface area contributed by atoms with Crippen molar-refractivity contribution in [3.05, 3.63) is 0 Å². The Balaban J connectivity index is 4.62. The Kier molecular flexibility index (Phi) is 9.37. The van der Waals surface area contributed by atoms with Gasteiger partial charge in [0, 0.05) is 12.1 Å². The summed E-state index contributed by atoms with van der Waals surface area (Å²) < 4.78 is 5.16. The molecule has 0 N–H and O–H groups in total. The molecular weight excluding hydrogens is 296 g/mol. The Bertz CT molecular complexity index is 286. The molecule has 0 aliphatic rings. The first-order valence-corrected chi connectivity index (χ1v) is 14.3. The van der Waals surface area contributed by atoms with E-state index >= 15 is 0 Å². The molecule has 21 heavy (non-hydrogen) atoms. The van der Waals surface area contributed by atoms with Crippen molar-refractivity contribution in [1.29, 1.82) is 0 Å². The van der Waals surface area contributed by atoms with E-state index in [0.717, 1.165) is 36.3 Å². The number of ether oxygens (including phenoxy) is 1. The average Bonchev–Trinajstić information content (AvgIpc) is 2.50. The Labute approximate surface area is 132 Å². The van der Waals surface area contributed by atoms with Gasteiger partial charge in [0.1, 0.15) is 0 Å². The normalized spacial score (nSPS) is 12.3. The number of carbonyl (C=O) groups is 2. The van der Waals surface area contributed by atoms with Crippen LogP contribution in [0.25, 0.3) is 0 Å². The highest BCUT2D eigenvalue weighted by Gasteiger charge is 2.34. The summed E-state index contributed by atoms with van der Waals surface area (Å²) in [6, 6.07) is 7.51. The minimum absolute atomic E-state index is 0.275. The van der Waals surface area contributed by atoms with Gasteiger partial charge in [0.2, 0.25) is 0 Å². The van der Waals surface area contributed by atoms with Crippen LogP contribution in [0.15, 0.2) is 0 Å². The molecule has 0 aromatic carbocycles. The lowest BCUT2D eigenvalue weighted by molar-refractivity contribution is -0.156. The third kappa shape index (κ3) is 6.06. The van der Waals surface area contributed by atoms with Crippen molar-refractivity contribution in [3.63, 3.8) is 0 Å². The van der Waals surface area contributed by atoms with E-state index in [9.17, 15) is 9.59 Å². The van der Waals surface area contributed by atoms with Crippen LogP contribution < -0.4 is 0 Å². The molecule has 0 saturated carbocycles. The van der Waals surface area contributed by atoms with Crippen molar-refractivity contribution < 1.29 is 14.3 Å². The Morgan fingerprint density at radius 1 is 0.619 bits per heavy atom. The quantitative estimate of drug-likeness (QED) is 0.319. The van der Waals surface area contributed by atoms with Crippen LogP contribution >= 0.6 is 0 Å². The molecule has 0 unspecified atom stereocenters. The second-order valence-electron chi connectivity index (χ2n) is 6.32. The third-order valence-corrected chi connectivity index (χ3v) is 16.8. The molecule has 0 fully saturated rings. The zero-order chi connectivity index (χ0) is 16.5. The molecule has 0 aliphatic carbocycles. The maximum atomic E-state index is 12.1. The summed E-state index contributed by atoms with van der Waals surface area (Å²) in [5.74, 6) is -0.549. The number of esters is 2. The zero-order valence-corrected chi connectivity index (χ0v) is 16.9. The zero-order valence-electron chi connectivity index (χ0n) is 14.9. The summed E-state index contributed by atoms with van der Waals surface area (Å²) in [5.41, 5.74) is 0. The lowest BCUT2D eigenvalue weighted by Crippen LogP contribution is -2.37. The van der Waals surface area contributed by atoms with Gasteiger partial charge < -0.3 is 4.74 Å². The number of hydrogen-bond donors (Lipinski definition) is 0. The van der Waals surface area contributed by atoms with Crippen LogP contribution in [0, 0.1) is 0 Å². The SMILES string of the molecule is CC[Si](CC)(CC)CC(=O)OC(=O)C[Si](CC)(CC)CC. The second kappa shape index (κ2) is 9.56. The van der Waals surface area contributed by atoms with Crippen LogP contribution in [-0.4, -0.2) is 28.1 Å². The van der Waals surface area contributed by atoms with Gasteiger partial charge in [-0.25, -0.2) is 0 Å². The van der Waals surface area contributed by atoms with Gasteiger partial charge in [0.15, 0.2) is 0 Å². The van der Waals surface area contributed by atoms with E-state index in [2.05, 4.69) is 41.5 Å². The molecule has 0 aromatic heterocycles. The molecule has 0 bridgehead atoms. The summed E-state index contributed by atoms with van der Waals surface area (Å²) in [7, 11) is -3.09. The van der Waals surface area contributed by atoms with Crippen molar-refractivity contribution >= 4 is 28.1 Å². The summed E-state index contributed by atoms with van der Waals surface area (Å²) in [6.45, 7) is 13.0. The van der Waals surface area contributed by atoms with Crippen LogP contribution in [0.1, 0.15) is 41.5 Å². The molecule has 0 heterocycles. The van der Waals surface area contributed by atoms with Gasteiger partial charge in [-0.3, -0.25) is 9.59 Å². The van der Waals surface area contributed by atoms with E-state index in [0.29, 0.717) is 12.1 Å². The van der Waals surface area contributed by atoms with Crippen molar-refractivity contribution in [3.8, 4) is 0 Å². The van der Waals surface area contributed by atoms with E-state index in [1.807, 2.05) is 0 Å². The van der Waals surface area contributed by atoms with E-state index in [1.54, 1.807) is 0 Å². The van der Waals surface area contributed by atoms with E-state index < -0.39 is 16.1 Å². The molecule has 0 amide bonds. The van der Waals surface area contributed by atoms with Gasteiger partial charge in [0.05, 0.1) is 16.1 Å². The monoisotopic (exact) mass is 330 g/mol. The van der Waals surface area contributed by atoms with Crippen LogP contribution in [0.5, 0.6) is 0 Å². The first-order valence-electron chi connectivity index (χ1n) is 8.59. The molecule has 0 spiro atoms. The summed E-state index contributed by atoms with van der Waals surface area (Å²) in [5, 5.41) is 0. The van der Waals surface area contributed by atoms with Crippen LogP contribution in [0.2, 0.25) is 48.4 Å². The molecule has 0 aromatic rings. The molecule has 0 saturated heterocycles. The van der Waals surface area contributed by atoms with Gasteiger partial charge in [-0.1, -0.05) is 77.8 Å². The number of hydrogen-bond acceptors (Lipinski definition) is 3. The van der Waals surface area contributed by atoms with Crippen LogP contribution in [-0.2, 0) is 14.3 Å². The highest BCUT2D eigenvalue weighted by molar-refractivity contribution is 6.82. The first kappa shape index (κ1) is 20.6. The van der Waals surface area contributed by atoms with Gasteiger partial charge >= 0.3 is 11.9 Å². The predicted octanol–water partition coefficient (Wildman–Crippen LogP) is 5.07. The van der Waals surface area contributed by atoms with E-state index in [-0.39, 0.29) is 11.9 Å². The lowest BCUT2D eigenvalue weighted by atomic mass is 10.7. The fourth-order valence-corrected chi connectivity index (χ4v) is 8.93. The standard InChI is InChI=1S/C16H34O3Si2/c1-7-20(8-2,9-3)13-15(17)19-16(18)14-21(10-4,11-5)12-6/h7-14H2,1-6H3. The molecule has 124 valence electrons. The maximum absolute atomic E-state index is 12.1. The van der Waals surface area contributed by atoms with Gasteiger partial charge in [-0.05, 0) is 0 Å². The molecule has 5 heteroatoms. The minimum Gasteiger partial charge on any atom is -0.394 e. The molecule has 3 nitrogen and oxygen atoms in total. The highest BCUT2D eigenvalue weighted by atomic mass is 28.3.